The molecule has 1 N–H and O–H groups in total. The highest BCUT2D eigenvalue weighted by atomic mass is 16.4. The van der Waals surface area contributed by atoms with Gasteiger partial charge in [-0.1, -0.05) is 12.8 Å². The molecule has 0 saturated heterocycles. The van der Waals surface area contributed by atoms with Crippen molar-refractivity contribution in [2.45, 2.75) is 45.4 Å². The SMILES string of the molecule is CCN(CC1CCC1)C(=O)[C@@H]1CCC[C@@H]1C(=O)O. The summed E-state index contributed by atoms with van der Waals surface area (Å²) in [5.41, 5.74) is 0. The van der Waals surface area contributed by atoms with Crippen LogP contribution in [-0.4, -0.2) is 35.0 Å². The largest absolute Gasteiger partial charge is 0.481 e. The van der Waals surface area contributed by atoms with E-state index in [1.54, 1.807) is 0 Å². The van der Waals surface area contributed by atoms with Crippen LogP contribution in [0.4, 0.5) is 0 Å². The Morgan fingerprint density at radius 3 is 2.22 bits per heavy atom. The van der Waals surface area contributed by atoms with Gasteiger partial charge in [-0.2, -0.15) is 0 Å². The third-order valence-corrected chi connectivity index (χ3v) is 4.55. The summed E-state index contributed by atoms with van der Waals surface area (Å²) in [5.74, 6) is -0.797. The van der Waals surface area contributed by atoms with Crippen LogP contribution in [0, 0.1) is 17.8 Å². The fraction of sp³-hybridized carbons (Fsp3) is 0.857. The zero-order valence-electron chi connectivity index (χ0n) is 11.1. The van der Waals surface area contributed by atoms with E-state index in [1.165, 1.54) is 19.3 Å². The van der Waals surface area contributed by atoms with Crippen LogP contribution in [0.15, 0.2) is 0 Å². The molecule has 4 heteroatoms. The molecule has 2 rings (SSSR count). The molecule has 18 heavy (non-hydrogen) atoms. The third kappa shape index (κ3) is 2.68. The van der Waals surface area contributed by atoms with E-state index < -0.39 is 11.9 Å². The lowest BCUT2D eigenvalue weighted by Crippen LogP contribution is -2.42. The molecule has 2 atom stereocenters. The molecule has 2 aliphatic rings. The summed E-state index contributed by atoms with van der Waals surface area (Å²) in [6, 6.07) is 0. The lowest BCUT2D eigenvalue weighted by molar-refractivity contribution is -0.149. The first-order chi connectivity index (χ1) is 8.63. The topological polar surface area (TPSA) is 57.6 Å². The van der Waals surface area contributed by atoms with Gasteiger partial charge in [0.1, 0.15) is 0 Å². The van der Waals surface area contributed by atoms with Crippen LogP contribution in [0.3, 0.4) is 0 Å². The average Bonchev–Trinajstić information content (AvgIpc) is 2.76. The Morgan fingerprint density at radius 2 is 1.72 bits per heavy atom. The van der Waals surface area contributed by atoms with Crippen LogP contribution in [0.1, 0.15) is 45.4 Å². The molecule has 0 unspecified atom stereocenters. The van der Waals surface area contributed by atoms with Crippen LogP contribution < -0.4 is 0 Å². The van der Waals surface area contributed by atoms with E-state index in [0.29, 0.717) is 18.9 Å². The maximum atomic E-state index is 12.4. The van der Waals surface area contributed by atoms with Crippen LogP contribution in [0.2, 0.25) is 0 Å². The number of nitrogens with zero attached hydrogens (tertiary/aromatic N) is 1. The number of carboxylic acids is 1. The van der Waals surface area contributed by atoms with Gasteiger partial charge in [-0.05, 0) is 38.5 Å². The quantitative estimate of drug-likeness (QED) is 0.816. The second-order valence-corrected chi connectivity index (χ2v) is 5.66. The Morgan fingerprint density at radius 1 is 1.11 bits per heavy atom. The molecule has 2 saturated carbocycles. The minimum absolute atomic E-state index is 0.0781. The van der Waals surface area contributed by atoms with Crippen LogP contribution >= 0.6 is 0 Å². The fourth-order valence-electron chi connectivity index (χ4n) is 3.15. The van der Waals surface area contributed by atoms with Crippen LogP contribution in [0.5, 0.6) is 0 Å². The minimum Gasteiger partial charge on any atom is -0.481 e. The molecule has 0 bridgehead atoms. The third-order valence-electron chi connectivity index (χ3n) is 4.55. The maximum Gasteiger partial charge on any atom is 0.307 e. The summed E-state index contributed by atoms with van der Waals surface area (Å²) in [5, 5.41) is 9.16. The van der Waals surface area contributed by atoms with Crippen molar-refractivity contribution >= 4 is 11.9 Å². The van der Waals surface area contributed by atoms with Crippen LogP contribution in [-0.2, 0) is 9.59 Å². The summed E-state index contributed by atoms with van der Waals surface area (Å²) in [7, 11) is 0. The first-order valence-corrected chi connectivity index (χ1v) is 7.15. The van der Waals surface area contributed by atoms with Crippen LogP contribution in [0.25, 0.3) is 0 Å². The maximum absolute atomic E-state index is 12.4. The van der Waals surface area contributed by atoms with E-state index >= 15 is 0 Å². The molecule has 0 spiro atoms. The van der Waals surface area contributed by atoms with Gasteiger partial charge in [-0.25, -0.2) is 0 Å². The van der Waals surface area contributed by atoms with Gasteiger partial charge >= 0.3 is 5.97 Å². The molecule has 0 radical (unpaired) electrons. The molecule has 102 valence electrons. The molecular weight excluding hydrogens is 230 g/mol. The average molecular weight is 253 g/mol. The highest BCUT2D eigenvalue weighted by molar-refractivity contribution is 5.85. The highest BCUT2D eigenvalue weighted by Gasteiger charge is 2.39. The molecule has 0 aromatic rings. The molecule has 2 fully saturated rings. The van der Waals surface area contributed by atoms with Crippen molar-refractivity contribution in [2.24, 2.45) is 17.8 Å². The Balaban J connectivity index is 1.96. The summed E-state index contributed by atoms with van der Waals surface area (Å²) >= 11 is 0. The number of carbonyl (C=O) groups excluding carboxylic acids is 1. The van der Waals surface area contributed by atoms with E-state index in [-0.39, 0.29) is 11.8 Å². The van der Waals surface area contributed by atoms with Gasteiger partial charge in [0.15, 0.2) is 0 Å². The normalized spacial score (nSPS) is 27.8. The van der Waals surface area contributed by atoms with Gasteiger partial charge in [0.2, 0.25) is 5.91 Å². The smallest absolute Gasteiger partial charge is 0.307 e. The Hall–Kier alpha value is -1.06. The summed E-state index contributed by atoms with van der Waals surface area (Å²) in [6.07, 6.45) is 5.99. The number of rotatable bonds is 5. The van der Waals surface area contributed by atoms with Gasteiger partial charge < -0.3 is 10.0 Å². The first-order valence-electron chi connectivity index (χ1n) is 7.15. The van der Waals surface area contributed by atoms with Crippen molar-refractivity contribution in [2.75, 3.05) is 13.1 Å². The van der Waals surface area contributed by atoms with Crippen molar-refractivity contribution in [3.05, 3.63) is 0 Å². The van der Waals surface area contributed by atoms with Crippen molar-refractivity contribution in [3.63, 3.8) is 0 Å². The number of amides is 1. The lowest BCUT2D eigenvalue weighted by Gasteiger charge is -2.33. The van der Waals surface area contributed by atoms with Crippen molar-refractivity contribution in [3.8, 4) is 0 Å². The van der Waals surface area contributed by atoms with Crippen molar-refractivity contribution < 1.29 is 14.7 Å². The molecular formula is C14H23NO3. The highest BCUT2D eigenvalue weighted by Crippen LogP contribution is 2.34. The number of carboxylic acid groups (broad SMARTS) is 1. The summed E-state index contributed by atoms with van der Waals surface area (Å²) in [4.78, 5) is 25.5. The molecule has 0 aliphatic heterocycles. The monoisotopic (exact) mass is 253 g/mol. The van der Waals surface area contributed by atoms with Crippen molar-refractivity contribution in [1.82, 2.24) is 4.90 Å². The molecule has 4 nitrogen and oxygen atoms in total. The second kappa shape index (κ2) is 5.72. The summed E-state index contributed by atoms with van der Waals surface area (Å²) < 4.78 is 0. The van der Waals surface area contributed by atoms with E-state index in [1.807, 2.05) is 11.8 Å². The molecule has 1 amide bonds. The standard InChI is InChI=1S/C14H23NO3/c1-2-15(9-10-5-3-6-10)13(16)11-7-4-8-12(11)14(17)18/h10-12H,2-9H2,1H3,(H,17,18)/t11-,12+/m1/s1. The predicted molar refractivity (Wildman–Crippen MR) is 68.1 cm³/mol. The molecule has 0 heterocycles. The number of aliphatic carboxylic acids is 1. The molecule has 0 aromatic heterocycles. The Bertz CT molecular complexity index is 325. The Kier molecular flexibility index (Phi) is 4.25. The van der Waals surface area contributed by atoms with E-state index in [4.69, 9.17) is 5.11 Å². The van der Waals surface area contributed by atoms with Gasteiger partial charge in [0.05, 0.1) is 11.8 Å². The van der Waals surface area contributed by atoms with E-state index in [0.717, 1.165) is 19.4 Å². The number of hydrogen-bond donors (Lipinski definition) is 1. The van der Waals surface area contributed by atoms with Gasteiger partial charge in [0, 0.05) is 13.1 Å². The van der Waals surface area contributed by atoms with Crippen molar-refractivity contribution in [1.29, 1.82) is 0 Å². The number of hydrogen-bond acceptors (Lipinski definition) is 2. The lowest BCUT2D eigenvalue weighted by atomic mass is 9.84. The summed E-state index contributed by atoms with van der Waals surface area (Å²) in [6.45, 7) is 3.53. The number of carbonyl (C=O) groups is 2. The fourth-order valence-corrected chi connectivity index (χ4v) is 3.15. The zero-order valence-corrected chi connectivity index (χ0v) is 11.1. The van der Waals surface area contributed by atoms with Gasteiger partial charge in [-0.3, -0.25) is 9.59 Å². The molecule has 2 aliphatic carbocycles. The minimum atomic E-state index is -0.800. The Labute approximate surface area is 108 Å². The van der Waals surface area contributed by atoms with Gasteiger partial charge in [0.25, 0.3) is 0 Å². The predicted octanol–water partition coefficient (Wildman–Crippen LogP) is 2.14. The second-order valence-electron chi connectivity index (χ2n) is 5.66. The van der Waals surface area contributed by atoms with E-state index in [9.17, 15) is 9.59 Å². The van der Waals surface area contributed by atoms with E-state index in [2.05, 4.69) is 0 Å². The molecule has 0 aromatic carbocycles. The first kappa shape index (κ1) is 13.4. The van der Waals surface area contributed by atoms with Gasteiger partial charge in [-0.15, -0.1) is 0 Å². The zero-order chi connectivity index (χ0) is 13.1.